The fourth-order valence-electron chi connectivity index (χ4n) is 2.56. The molecule has 21 heavy (non-hydrogen) atoms. The first kappa shape index (κ1) is 15.5. The molecule has 0 saturated carbocycles. The van der Waals surface area contributed by atoms with Gasteiger partial charge < -0.3 is 10.2 Å². The number of nitrogens with zero attached hydrogens (tertiary/aromatic N) is 1. The van der Waals surface area contributed by atoms with Crippen LogP contribution < -0.4 is 5.32 Å². The van der Waals surface area contributed by atoms with Crippen molar-refractivity contribution in [1.29, 1.82) is 0 Å². The molecule has 0 aliphatic carbocycles. The Labute approximate surface area is 124 Å². The smallest absolute Gasteiger partial charge is 0.246 e. The Morgan fingerprint density at radius 3 is 2.48 bits per heavy atom. The van der Waals surface area contributed by atoms with Crippen LogP contribution in [0, 0.1) is 11.7 Å². The van der Waals surface area contributed by atoms with Gasteiger partial charge in [-0.25, -0.2) is 4.39 Å². The summed E-state index contributed by atoms with van der Waals surface area (Å²) < 4.78 is 13.0. The second kappa shape index (κ2) is 6.24. The highest BCUT2D eigenvalue weighted by molar-refractivity contribution is 5.95. The van der Waals surface area contributed by atoms with E-state index >= 15 is 0 Å². The van der Waals surface area contributed by atoms with Gasteiger partial charge in [0.25, 0.3) is 0 Å². The maximum absolute atomic E-state index is 13.0. The van der Waals surface area contributed by atoms with Crippen LogP contribution in [0.3, 0.4) is 0 Å². The van der Waals surface area contributed by atoms with E-state index in [0.717, 1.165) is 12.0 Å². The molecular formula is C16H21FN2O2. The van der Waals surface area contributed by atoms with E-state index in [-0.39, 0.29) is 36.1 Å². The van der Waals surface area contributed by atoms with Crippen molar-refractivity contribution in [2.45, 2.75) is 39.3 Å². The van der Waals surface area contributed by atoms with Gasteiger partial charge in [0.05, 0.1) is 6.04 Å². The number of piperazine rings is 1. The average Bonchev–Trinajstić information content (AvgIpc) is 2.48. The van der Waals surface area contributed by atoms with Crippen LogP contribution in [-0.4, -0.2) is 29.3 Å². The third-order valence-electron chi connectivity index (χ3n) is 4.21. The number of carbonyl (C=O) groups excluding carboxylic acids is 2. The van der Waals surface area contributed by atoms with Crippen molar-refractivity contribution in [3.05, 3.63) is 35.6 Å². The van der Waals surface area contributed by atoms with Crippen molar-refractivity contribution in [3.63, 3.8) is 0 Å². The van der Waals surface area contributed by atoms with Crippen LogP contribution in [0.5, 0.6) is 0 Å². The quantitative estimate of drug-likeness (QED) is 0.925. The summed E-state index contributed by atoms with van der Waals surface area (Å²) in [5.74, 6) is -0.439. The summed E-state index contributed by atoms with van der Waals surface area (Å²) in [5.41, 5.74) is 0.822. The molecule has 0 radical (unpaired) electrons. The summed E-state index contributed by atoms with van der Waals surface area (Å²) in [6.07, 6.45) is 0.815. The summed E-state index contributed by atoms with van der Waals surface area (Å²) in [6.45, 7) is 5.85. The minimum absolute atomic E-state index is 0.0459. The number of rotatable bonds is 4. The molecule has 1 fully saturated rings. The maximum Gasteiger partial charge on any atom is 0.246 e. The molecule has 1 aliphatic heterocycles. The number of hydrogen-bond acceptors (Lipinski definition) is 2. The Morgan fingerprint density at radius 2 is 1.90 bits per heavy atom. The third kappa shape index (κ3) is 3.23. The van der Waals surface area contributed by atoms with E-state index in [0.29, 0.717) is 0 Å². The zero-order valence-electron chi connectivity index (χ0n) is 12.6. The zero-order chi connectivity index (χ0) is 15.6. The van der Waals surface area contributed by atoms with Crippen molar-refractivity contribution < 1.29 is 14.0 Å². The van der Waals surface area contributed by atoms with Crippen LogP contribution in [0.4, 0.5) is 4.39 Å². The first-order chi connectivity index (χ1) is 9.93. The maximum atomic E-state index is 13.0. The molecule has 0 aromatic heterocycles. The van der Waals surface area contributed by atoms with E-state index in [1.165, 1.54) is 12.1 Å². The van der Waals surface area contributed by atoms with Crippen molar-refractivity contribution in [2.75, 3.05) is 6.54 Å². The first-order valence-electron chi connectivity index (χ1n) is 7.29. The van der Waals surface area contributed by atoms with E-state index in [9.17, 15) is 14.0 Å². The van der Waals surface area contributed by atoms with Gasteiger partial charge in [0.2, 0.25) is 11.8 Å². The molecule has 1 aliphatic rings. The largest absolute Gasteiger partial charge is 0.342 e. The van der Waals surface area contributed by atoms with Crippen LogP contribution in [0.1, 0.15) is 38.8 Å². The lowest BCUT2D eigenvalue weighted by atomic mass is 9.94. The Hall–Kier alpha value is -1.91. The van der Waals surface area contributed by atoms with Crippen molar-refractivity contribution >= 4 is 11.8 Å². The number of nitrogens with one attached hydrogen (secondary N) is 1. The Kier molecular flexibility index (Phi) is 4.60. The predicted molar refractivity (Wildman–Crippen MR) is 77.9 cm³/mol. The topological polar surface area (TPSA) is 49.4 Å². The molecule has 2 amide bonds. The molecule has 5 heteroatoms. The van der Waals surface area contributed by atoms with Crippen molar-refractivity contribution in [2.24, 2.45) is 5.92 Å². The monoisotopic (exact) mass is 292 g/mol. The molecule has 0 spiro atoms. The lowest BCUT2D eigenvalue weighted by molar-refractivity contribution is -0.148. The average molecular weight is 292 g/mol. The standard InChI is InChI=1S/C16H21FN2O2/c1-4-10(2)15-16(21)19(9-14(20)18-15)11(3)12-5-7-13(17)8-6-12/h5-8,10-11,15H,4,9H2,1-3H3,(H,18,20). The number of carbonyl (C=O) groups is 2. The Morgan fingerprint density at radius 1 is 1.29 bits per heavy atom. The first-order valence-corrected chi connectivity index (χ1v) is 7.29. The predicted octanol–water partition coefficient (Wildman–Crippen LogP) is 2.26. The summed E-state index contributed by atoms with van der Waals surface area (Å²) in [4.78, 5) is 26.0. The van der Waals surface area contributed by atoms with Crippen molar-refractivity contribution in [3.8, 4) is 0 Å². The molecule has 0 bridgehead atoms. The Balaban J connectivity index is 2.22. The highest BCUT2D eigenvalue weighted by Gasteiger charge is 2.37. The highest BCUT2D eigenvalue weighted by Crippen LogP contribution is 2.25. The summed E-state index contributed by atoms with van der Waals surface area (Å²) in [7, 11) is 0. The van der Waals surface area contributed by atoms with Gasteiger partial charge in [0, 0.05) is 0 Å². The lowest BCUT2D eigenvalue weighted by Crippen LogP contribution is -2.60. The van der Waals surface area contributed by atoms with Gasteiger partial charge in [-0.15, -0.1) is 0 Å². The van der Waals surface area contributed by atoms with E-state index in [1.807, 2.05) is 20.8 Å². The number of halogens is 1. The molecule has 2 rings (SSSR count). The summed E-state index contributed by atoms with van der Waals surface area (Å²) in [6, 6.07) is 5.31. The minimum atomic E-state index is -0.473. The Bertz CT molecular complexity index is 530. The molecule has 4 nitrogen and oxygen atoms in total. The molecule has 1 saturated heterocycles. The van der Waals surface area contributed by atoms with Crippen LogP contribution >= 0.6 is 0 Å². The van der Waals surface area contributed by atoms with Gasteiger partial charge in [-0.1, -0.05) is 32.4 Å². The van der Waals surface area contributed by atoms with E-state index in [2.05, 4.69) is 5.32 Å². The fraction of sp³-hybridized carbons (Fsp3) is 0.500. The zero-order valence-corrected chi connectivity index (χ0v) is 12.6. The SMILES string of the molecule is CCC(C)C1NC(=O)CN(C(C)c2ccc(F)cc2)C1=O. The normalized spacial score (nSPS) is 21.9. The second-order valence-corrected chi connectivity index (χ2v) is 5.62. The highest BCUT2D eigenvalue weighted by atomic mass is 19.1. The summed E-state index contributed by atoms with van der Waals surface area (Å²) >= 11 is 0. The summed E-state index contributed by atoms with van der Waals surface area (Å²) in [5, 5.41) is 2.77. The van der Waals surface area contributed by atoms with E-state index in [1.54, 1.807) is 17.0 Å². The molecule has 114 valence electrons. The van der Waals surface area contributed by atoms with Crippen molar-refractivity contribution in [1.82, 2.24) is 10.2 Å². The van der Waals surface area contributed by atoms with Gasteiger partial charge in [-0.05, 0) is 30.5 Å². The third-order valence-corrected chi connectivity index (χ3v) is 4.21. The molecule has 3 atom stereocenters. The van der Waals surface area contributed by atoms with Gasteiger partial charge >= 0.3 is 0 Å². The van der Waals surface area contributed by atoms with Crippen LogP contribution in [0.2, 0.25) is 0 Å². The molecule has 1 heterocycles. The number of amides is 2. The van der Waals surface area contributed by atoms with E-state index < -0.39 is 6.04 Å². The molecular weight excluding hydrogens is 271 g/mol. The minimum Gasteiger partial charge on any atom is -0.342 e. The van der Waals surface area contributed by atoms with Crippen LogP contribution in [0.25, 0.3) is 0 Å². The van der Waals surface area contributed by atoms with Gasteiger partial charge in [-0.3, -0.25) is 9.59 Å². The fourth-order valence-corrected chi connectivity index (χ4v) is 2.56. The number of benzene rings is 1. The lowest BCUT2D eigenvalue weighted by Gasteiger charge is -2.38. The van der Waals surface area contributed by atoms with Crippen LogP contribution in [0.15, 0.2) is 24.3 Å². The van der Waals surface area contributed by atoms with Gasteiger partial charge in [-0.2, -0.15) is 0 Å². The molecule has 1 N–H and O–H groups in total. The molecule has 3 unspecified atom stereocenters. The second-order valence-electron chi connectivity index (χ2n) is 5.62. The van der Waals surface area contributed by atoms with Gasteiger partial charge in [0.15, 0.2) is 0 Å². The molecule has 1 aromatic carbocycles. The number of hydrogen-bond donors (Lipinski definition) is 1. The van der Waals surface area contributed by atoms with E-state index in [4.69, 9.17) is 0 Å². The van der Waals surface area contributed by atoms with Gasteiger partial charge in [0.1, 0.15) is 18.4 Å². The molecule has 1 aromatic rings. The van der Waals surface area contributed by atoms with Crippen LogP contribution in [-0.2, 0) is 9.59 Å².